The number of rotatable bonds is 10. The summed E-state index contributed by atoms with van der Waals surface area (Å²) in [6, 6.07) is 17.4. The zero-order valence-corrected chi connectivity index (χ0v) is 19.8. The Balaban J connectivity index is 1.66. The highest BCUT2D eigenvalue weighted by molar-refractivity contribution is 6.01. The molecule has 176 valence electrons. The minimum atomic E-state index is -0.242. The van der Waals surface area contributed by atoms with Gasteiger partial charge >= 0.3 is 0 Å². The summed E-state index contributed by atoms with van der Waals surface area (Å²) in [6.45, 7) is 7.91. The Morgan fingerprint density at radius 3 is 2.36 bits per heavy atom. The van der Waals surface area contributed by atoms with Crippen LogP contribution in [0.2, 0.25) is 0 Å². The van der Waals surface area contributed by atoms with Gasteiger partial charge in [0.15, 0.2) is 0 Å². The van der Waals surface area contributed by atoms with Gasteiger partial charge in [-0.3, -0.25) is 9.59 Å². The van der Waals surface area contributed by atoms with Crippen LogP contribution in [0.3, 0.4) is 0 Å². The lowest BCUT2D eigenvalue weighted by Crippen LogP contribution is -2.40. The van der Waals surface area contributed by atoms with E-state index < -0.39 is 0 Å². The lowest BCUT2D eigenvalue weighted by Gasteiger charge is -2.24. The summed E-state index contributed by atoms with van der Waals surface area (Å²) in [5, 5.41) is 7.04. The molecular formula is C26H34N4O3. The van der Waals surface area contributed by atoms with Gasteiger partial charge in [0.05, 0.1) is 12.3 Å². The number of hydrogen-bond donors (Lipinski definition) is 1. The highest BCUT2D eigenvalue weighted by Gasteiger charge is 2.35. The summed E-state index contributed by atoms with van der Waals surface area (Å²) in [6.07, 6.45) is 0.778. The van der Waals surface area contributed by atoms with E-state index in [1.807, 2.05) is 54.6 Å². The van der Waals surface area contributed by atoms with E-state index in [2.05, 4.69) is 29.2 Å². The van der Waals surface area contributed by atoms with Gasteiger partial charge in [0.2, 0.25) is 5.91 Å². The monoisotopic (exact) mass is 450 g/mol. The zero-order chi connectivity index (χ0) is 23.6. The molecule has 2 aromatic rings. The molecule has 1 saturated heterocycles. The van der Waals surface area contributed by atoms with Gasteiger partial charge < -0.3 is 20.0 Å². The maximum atomic E-state index is 13.3. The number of nitrogens with one attached hydrogen (secondary N) is 1. The molecule has 1 N–H and O–H groups in total. The molecule has 0 spiro atoms. The summed E-state index contributed by atoms with van der Waals surface area (Å²) in [4.78, 5) is 34.8. The molecular weight excluding hydrogens is 416 g/mol. The third-order valence-corrected chi connectivity index (χ3v) is 6.05. The summed E-state index contributed by atoms with van der Waals surface area (Å²) < 4.78 is 0. The van der Waals surface area contributed by atoms with Gasteiger partial charge in [-0.25, -0.2) is 0 Å². The highest BCUT2D eigenvalue weighted by atomic mass is 16.6. The number of likely N-dealkylation sites (N-methyl/N-ethyl adjacent to an activating group) is 1. The molecule has 1 heterocycles. The highest BCUT2D eigenvalue weighted by Crippen LogP contribution is 2.24. The van der Waals surface area contributed by atoms with Gasteiger partial charge in [-0.05, 0) is 36.3 Å². The molecule has 1 aliphatic heterocycles. The molecule has 0 unspecified atom stereocenters. The minimum absolute atomic E-state index is 0.0527. The van der Waals surface area contributed by atoms with E-state index in [-0.39, 0.29) is 24.3 Å². The van der Waals surface area contributed by atoms with Crippen LogP contribution in [0.25, 0.3) is 11.1 Å². The van der Waals surface area contributed by atoms with Crippen molar-refractivity contribution in [1.82, 2.24) is 15.1 Å². The van der Waals surface area contributed by atoms with E-state index in [1.54, 1.807) is 4.90 Å². The van der Waals surface area contributed by atoms with Crippen molar-refractivity contribution in [2.24, 2.45) is 5.16 Å². The largest absolute Gasteiger partial charge is 0.399 e. The molecule has 2 amide bonds. The van der Waals surface area contributed by atoms with Crippen LogP contribution in [-0.4, -0.2) is 73.2 Å². The Morgan fingerprint density at radius 2 is 1.73 bits per heavy atom. The number of hydrogen-bond acceptors (Lipinski definition) is 5. The predicted molar refractivity (Wildman–Crippen MR) is 131 cm³/mol. The number of carbonyl (C=O) groups is 2. The van der Waals surface area contributed by atoms with Crippen LogP contribution in [0.15, 0.2) is 59.8 Å². The average molecular weight is 451 g/mol. The van der Waals surface area contributed by atoms with E-state index in [9.17, 15) is 9.59 Å². The van der Waals surface area contributed by atoms with E-state index in [0.29, 0.717) is 25.1 Å². The van der Waals surface area contributed by atoms with Gasteiger partial charge in [0, 0.05) is 37.5 Å². The van der Waals surface area contributed by atoms with Crippen LogP contribution < -0.4 is 5.32 Å². The van der Waals surface area contributed by atoms with Gasteiger partial charge in [0.1, 0.15) is 7.11 Å². The molecule has 0 bridgehead atoms. The van der Waals surface area contributed by atoms with Crippen molar-refractivity contribution in [3.05, 3.63) is 60.2 Å². The van der Waals surface area contributed by atoms with Crippen LogP contribution in [0.4, 0.5) is 0 Å². The Kier molecular flexibility index (Phi) is 9.01. The molecule has 1 aliphatic rings. The van der Waals surface area contributed by atoms with Crippen molar-refractivity contribution < 1.29 is 14.4 Å². The van der Waals surface area contributed by atoms with E-state index in [1.165, 1.54) is 7.11 Å². The fourth-order valence-corrected chi connectivity index (χ4v) is 4.17. The van der Waals surface area contributed by atoms with Crippen molar-refractivity contribution in [3.8, 4) is 11.1 Å². The lowest BCUT2D eigenvalue weighted by atomic mass is 10.0. The molecule has 0 aromatic heterocycles. The summed E-state index contributed by atoms with van der Waals surface area (Å²) in [7, 11) is 1.49. The molecule has 33 heavy (non-hydrogen) atoms. The third-order valence-electron chi connectivity index (χ3n) is 6.05. The number of likely N-dealkylation sites (tertiary alicyclic amines) is 1. The second kappa shape index (κ2) is 12.2. The van der Waals surface area contributed by atoms with E-state index in [0.717, 1.165) is 36.5 Å². The van der Waals surface area contributed by atoms with Gasteiger partial charge in [-0.15, -0.1) is 0 Å². The first-order valence-electron chi connectivity index (χ1n) is 11.6. The van der Waals surface area contributed by atoms with Gasteiger partial charge in [0.25, 0.3) is 5.91 Å². The fourth-order valence-electron chi connectivity index (χ4n) is 4.17. The SMILES string of the molecule is CCN(CC)CCNC(=O)C[C@@H]1CC(=NOC)CN1C(=O)c1ccc(-c2ccccc2)cc1. The summed E-state index contributed by atoms with van der Waals surface area (Å²) in [5.74, 6) is -0.153. The molecule has 0 aliphatic carbocycles. The smallest absolute Gasteiger partial charge is 0.254 e. The quantitative estimate of drug-likeness (QED) is 0.563. The van der Waals surface area contributed by atoms with Crippen molar-refractivity contribution in [2.45, 2.75) is 32.7 Å². The fraction of sp³-hybridized carbons (Fsp3) is 0.423. The van der Waals surface area contributed by atoms with Crippen molar-refractivity contribution in [3.63, 3.8) is 0 Å². The van der Waals surface area contributed by atoms with Crippen molar-refractivity contribution >= 4 is 17.5 Å². The molecule has 7 heteroatoms. The van der Waals surface area contributed by atoms with Crippen LogP contribution >= 0.6 is 0 Å². The second-order valence-electron chi connectivity index (χ2n) is 8.16. The molecule has 2 aromatic carbocycles. The van der Waals surface area contributed by atoms with Crippen LogP contribution in [0.1, 0.15) is 37.0 Å². The van der Waals surface area contributed by atoms with E-state index >= 15 is 0 Å². The molecule has 0 radical (unpaired) electrons. The number of carbonyl (C=O) groups excluding carboxylic acids is 2. The predicted octanol–water partition coefficient (Wildman–Crippen LogP) is 3.42. The first-order chi connectivity index (χ1) is 16.0. The Labute approximate surface area is 196 Å². The molecule has 1 fully saturated rings. The van der Waals surface area contributed by atoms with Gasteiger partial charge in [-0.1, -0.05) is 61.5 Å². The van der Waals surface area contributed by atoms with Gasteiger partial charge in [-0.2, -0.15) is 0 Å². The van der Waals surface area contributed by atoms with Crippen LogP contribution in [0, 0.1) is 0 Å². The first-order valence-corrected chi connectivity index (χ1v) is 11.6. The van der Waals surface area contributed by atoms with E-state index in [4.69, 9.17) is 4.84 Å². The normalized spacial score (nSPS) is 16.9. The zero-order valence-electron chi connectivity index (χ0n) is 19.8. The summed E-state index contributed by atoms with van der Waals surface area (Å²) >= 11 is 0. The topological polar surface area (TPSA) is 74.2 Å². The number of oxime groups is 1. The Bertz CT molecular complexity index is 940. The minimum Gasteiger partial charge on any atom is -0.399 e. The Morgan fingerprint density at radius 1 is 1.06 bits per heavy atom. The second-order valence-corrected chi connectivity index (χ2v) is 8.16. The average Bonchev–Trinajstić information content (AvgIpc) is 3.24. The number of amides is 2. The number of benzene rings is 2. The van der Waals surface area contributed by atoms with Crippen LogP contribution in [-0.2, 0) is 9.63 Å². The maximum absolute atomic E-state index is 13.3. The van der Waals surface area contributed by atoms with Crippen LogP contribution in [0.5, 0.6) is 0 Å². The van der Waals surface area contributed by atoms with Crippen molar-refractivity contribution in [2.75, 3.05) is 39.8 Å². The molecule has 3 rings (SSSR count). The summed E-state index contributed by atoms with van der Waals surface area (Å²) in [5.41, 5.74) is 3.53. The molecule has 0 saturated carbocycles. The maximum Gasteiger partial charge on any atom is 0.254 e. The standard InChI is InChI=1S/C26H34N4O3/c1-4-29(5-2)16-15-27-25(31)18-24-17-23(28-33-3)19-30(24)26(32)22-13-11-21(12-14-22)20-9-7-6-8-10-20/h6-14,24H,4-5,15-19H2,1-3H3,(H,27,31)/t24-/m0/s1. The number of nitrogens with zero attached hydrogens (tertiary/aromatic N) is 3. The third kappa shape index (κ3) is 6.65. The Hall–Kier alpha value is -3.19. The van der Waals surface area contributed by atoms with Crippen molar-refractivity contribution in [1.29, 1.82) is 0 Å². The first kappa shape index (κ1) is 24.5. The lowest BCUT2D eigenvalue weighted by molar-refractivity contribution is -0.121. The molecule has 1 atom stereocenters. The molecule has 7 nitrogen and oxygen atoms in total.